The summed E-state index contributed by atoms with van der Waals surface area (Å²) in [5.74, 6) is 0.771. The van der Waals surface area contributed by atoms with Crippen molar-refractivity contribution in [1.29, 1.82) is 0 Å². The molecule has 1 unspecified atom stereocenters. The minimum Gasteiger partial charge on any atom is -0.375 e. The van der Waals surface area contributed by atoms with Gasteiger partial charge in [-0.1, -0.05) is 57.0 Å². The van der Waals surface area contributed by atoms with E-state index in [1.807, 2.05) is 18.2 Å². The summed E-state index contributed by atoms with van der Waals surface area (Å²) < 4.78 is 5.61. The Labute approximate surface area is 105 Å². The molecule has 0 saturated heterocycles. The molecule has 1 aromatic carbocycles. The quantitative estimate of drug-likeness (QED) is 0.750. The molecule has 1 atom stereocenters. The normalized spacial score (nSPS) is 12.9. The Balaban J connectivity index is 2.06. The molecule has 0 aliphatic carbocycles. The molecule has 2 N–H and O–H groups in total. The number of benzene rings is 1. The van der Waals surface area contributed by atoms with Gasteiger partial charge in [-0.15, -0.1) is 0 Å². The van der Waals surface area contributed by atoms with Crippen molar-refractivity contribution in [3.8, 4) is 0 Å². The molecule has 0 heterocycles. The van der Waals surface area contributed by atoms with Gasteiger partial charge < -0.3 is 10.5 Å². The predicted octanol–water partition coefficient (Wildman–Crippen LogP) is 3.36. The van der Waals surface area contributed by atoms with E-state index in [0.717, 1.165) is 12.3 Å². The molecule has 0 amide bonds. The maximum Gasteiger partial charge on any atom is 0.0717 e. The van der Waals surface area contributed by atoms with Crippen molar-refractivity contribution in [2.75, 3.05) is 6.61 Å². The van der Waals surface area contributed by atoms with Crippen LogP contribution in [0.15, 0.2) is 30.3 Å². The zero-order valence-corrected chi connectivity index (χ0v) is 11.1. The van der Waals surface area contributed by atoms with Crippen molar-refractivity contribution in [1.82, 2.24) is 0 Å². The number of hydrogen-bond donors (Lipinski definition) is 1. The third-order valence-corrected chi connectivity index (χ3v) is 2.80. The van der Waals surface area contributed by atoms with Crippen LogP contribution in [0.25, 0.3) is 0 Å². The number of hydrogen-bond acceptors (Lipinski definition) is 2. The van der Waals surface area contributed by atoms with Crippen LogP contribution in [-0.2, 0) is 11.3 Å². The van der Waals surface area contributed by atoms with E-state index in [0.29, 0.717) is 13.2 Å². The van der Waals surface area contributed by atoms with Gasteiger partial charge in [0.05, 0.1) is 13.2 Å². The highest BCUT2D eigenvalue weighted by molar-refractivity contribution is 5.13. The first kappa shape index (κ1) is 14.2. The average Bonchev–Trinajstić information content (AvgIpc) is 2.30. The Hall–Kier alpha value is -0.860. The monoisotopic (exact) mass is 235 g/mol. The van der Waals surface area contributed by atoms with Crippen molar-refractivity contribution in [2.24, 2.45) is 11.7 Å². The van der Waals surface area contributed by atoms with Crippen molar-refractivity contribution in [3.05, 3.63) is 35.9 Å². The lowest BCUT2D eigenvalue weighted by atomic mass is 10.0. The molecule has 0 radical (unpaired) electrons. The molecule has 1 rings (SSSR count). The van der Waals surface area contributed by atoms with E-state index in [1.54, 1.807) is 0 Å². The van der Waals surface area contributed by atoms with E-state index in [2.05, 4.69) is 26.0 Å². The molecule has 0 fully saturated rings. The lowest BCUT2D eigenvalue weighted by Gasteiger charge is -2.13. The molecule has 2 heteroatoms. The second kappa shape index (κ2) is 8.26. The molecular formula is C15H25NO. The fourth-order valence-electron chi connectivity index (χ4n) is 1.77. The van der Waals surface area contributed by atoms with Gasteiger partial charge in [-0.2, -0.15) is 0 Å². The van der Waals surface area contributed by atoms with Gasteiger partial charge in [0.15, 0.2) is 0 Å². The van der Waals surface area contributed by atoms with Gasteiger partial charge in [0, 0.05) is 6.04 Å². The zero-order valence-electron chi connectivity index (χ0n) is 11.1. The summed E-state index contributed by atoms with van der Waals surface area (Å²) in [6.07, 6.45) is 3.52. The van der Waals surface area contributed by atoms with Crippen molar-refractivity contribution in [2.45, 2.75) is 45.8 Å². The first-order chi connectivity index (χ1) is 8.18. The Morgan fingerprint density at radius 1 is 1.12 bits per heavy atom. The summed E-state index contributed by atoms with van der Waals surface area (Å²) in [6, 6.07) is 10.4. The van der Waals surface area contributed by atoms with Gasteiger partial charge >= 0.3 is 0 Å². The third kappa shape index (κ3) is 7.14. The third-order valence-electron chi connectivity index (χ3n) is 2.80. The van der Waals surface area contributed by atoms with Crippen LogP contribution >= 0.6 is 0 Å². The zero-order chi connectivity index (χ0) is 12.5. The highest BCUT2D eigenvalue weighted by Crippen LogP contribution is 2.08. The van der Waals surface area contributed by atoms with E-state index < -0.39 is 0 Å². The molecule has 1 aromatic rings. The lowest BCUT2D eigenvalue weighted by molar-refractivity contribution is 0.105. The molecule has 0 bridgehead atoms. The SMILES string of the molecule is CC(C)CCCC(N)COCc1ccccc1. The number of nitrogens with two attached hydrogens (primary N) is 1. The molecular weight excluding hydrogens is 210 g/mol. The molecule has 0 spiro atoms. The average molecular weight is 235 g/mol. The molecule has 2 nitrogen and oxygen atoms in total. The van der Waals surface area contributed by atoms with Crippen molar-refractivity contribution >= 4 is 0 Å². The van der Waals surface area contributed by atoms with Gasteiger partial charge in [-0.3, -0.25) is 0 Å². The van der Waals surface area contributed by atoms with Crippen LogP contribution in [0.3, 0.4) is 0 Å². The highest BCUT2D eigenvalue weighted by atomic mass is 16.5. The van der Waals surface area contributed by atoms with Crippen LogP contribution < -0.4 is 5.73 Å². The van der Waals surface area contributed by atoms with Gasteiger partial charge in [0.1, 0.15) is 0 Å². The van der Waals surface area contributed by atoms with Gasteiger partial charge in [0.2, 0.25) is 0 Å². The maximum absolute atomic E-state index is 6.00. The van der Waals surface area contributed by atoms with Crippen LogP contribution in [0, 0.1) is 5.92 Å². The molecule has 0 aliphatic heterocycles. The van der Waals surface area contributed by atoms with E-state index in [4.69, 9.17) is 10.5 Å². The predicted molar refractivity (Wildman–Crippen MR) is 72.8 cm³/mol. The second-order valence-electron chi connectivity index (χ2n) is 5.09. The van der Waals surface area contributed by atoms with E-state index in [9.17, 15) is 0 Å². The van der Waals surface area contributed by atoms with E-state index in [1.165, 1.54) is 18.4 Å². The fourth-order valence-corrected chi connectivity index (χ4v) is 1.77. The lowest BCUT2D eigenvalue weighted by Crippen LogP contribution is -2.26. The molecule has 0 saturated carbocycles. The van der Waals surface area contributed by atoms with Crippen LogP contribution in [-0.4, -0.2) is 12.6 Å². The van der Waals surface area contributed by atoms with Gasteiger partial charge in [-0.05, 0) is 17.9 Å². The van der Waals surface area contributed by atoms with Gasteiger partial charge in [0.25, 0.3) is 0 Å². The summed E-state index contributed by atoms with van der Waals surface area (Å²) in [5.41, 5.74) is 7.21. The van der Waals surface area contributed by atoms with Crippen molar-refractivity contribution < 1.29 is 4.74 Å². The molecule has 0 aliphatic rings. The highest BCUT2D eigenvalue weighted by Gasteiger charge is 2.03. The molecule has 17 heavy (non-hydrogen) atoms. The first-order valence-corrected chi connectivity index (χ1v) is 6.55. The van der Waals surface area contributed by atoms with Crippen LogP contribution in [0.1, 0.15) is 38.7 Å². The standard InChI is InChI=1S/C15H25NO/c1-13(2)7-6-10-15(16)12-17-11-14-8-4-3-5-9-14/h3-5,8-9,13,15H,6-7,10-12,16H2,1-2H3. The minimum absolute atomic E-state index is 0.178. The first-order valence-electron chi connectivity index (χ1n) is 6.55. The summed E-state index contributed by atoms with van der Waals surface area (Å²) in [7, 11) is 0. The Kier molecular flexibility index (Phi) is 6.90. The maximum atomic E-state index is 6.00. The summed E-state index contributed by atoms with van der Waals surface area (Å²) in [5, 5.41) is 0. The topological polar surface area (TPSA) is 35.2 Å². The fraction of sp³-hybridized carbons (Fsp3) is 0.600. The summed E-state index contributed by atoms with van der Waals surface area (Å²) in [6.45, 7) is 5.82. The van der Waals surface area contributed by atoms with Crippen LogP contribution in [0.4, 0.5) is 0 Å². The summed E-state index contributed by atoms with van der Waals surface area (Å²) >= 11 is 0. The molecule has 0 aromatic heterocycles. The Bertz CT molecular complexity index is 284. The Morgan fingerprint density at radius 2 is 1.82 bits per heavy atom. The second-order valence-corrected chi connectivity index (χ2v) is 5.09. The Morgan fingerprint density at radius 3 is 2.47 bits per heavy atom. The summed E-state index contributed by atoms with van der Waals surface area (Å²) in [4.78, 5) is 0. The molecule has 96 valence electrons. The van der Waals surface area contributed by atoms with E-state index in [-0.39, 0.29) is 6.04 Å². The van der Waals surface area contributed by atoms with Crippen molar-refractivity contribution in [3.63, 3.8) is 0 Å². The largest absolute Gasteiger partial charge is 0.375 e. The minimum atomic E-state index is 0.178. The van der Waals surface area contributed by atoms with Gasteiger partial charge in [-0.25, -0.2) is 0 Å². The van der Waals surface area contributed by atoms with E-state index >= 15 is 0 Å². The number of rotatable bonds is 8. The van der Waals surface area contributed by atoms with Crippen LogP contribution in [0.5, 0.6) is 0 Å². The number of ether oxygens (including phenoxy) is 1. The smallest absolute Gasteiger partial charge is 0.0717 e. The van der Waals surface area contributed by atoms with Crippen LogP contribution in [0.2, 0.25) is 0 Å².